The zero-order chi connectivity index (χ0) is 10.4. The van der Waals surface area contributed by atoms with Crippen LogP contribution in [0.25, 0.3) is 0 Å². The van der Waals surface area contributed by atoms with E-state index in [1.807, 2.05) is 0 Å². The van der Waals surface area contributed by atoms with Crippen molar-refractivity contribution >= 4 is 5.97 Å². The topological polar surface area (TPSA) is 52.1 Å². The monoisotopic (exact) mass is 194 g/mol. The van der Waals surface area contributed by atoms with Crippen molar-refractivity contribution in [1.29, 1.82) is 0 Å². The lowest BCUT2D eigenvalue weighted by Gasteiger charge is -2.05. The number of carbonyl (C=O) groups is 1. The van der Waals surface area contributed by atoms with E-state index < -0.39 is 5.97 Å². The fraction of sp³-hybridized carbons (Fsp3) is 0.500. The van der Waals surface area contributed by atoms with Crippen LogP contribution in [0.3, 0.4) is 0 Å². The quantitative estimate of drug-likeness (QED) is 0.684. The highest BCUT2D eigenvalue weighted by Crippen LogP contribution is 2.01. The summed E-state index contributed by atoms with van der Waals surface area (Å²) in [5.41, 5.74) is 0.260. The zero-order valence-corrected chi connectivity index (χ0v) is 8.43. The first-order valence-electron chi connectivity index (χ1n) is 4.63. The molecule has 1 aromatic rings. The third kappa shape index (κ3) is 3.51. The Bertz CT molecular complexity index is 285. The molecule has 0 spiro atoms. The predicted octanol–water partition coefficient (Wildman–Crippen LogP) is 1.68. The molecule has 14 heavy (non-hydrogen) atoms. The first-order chi connectivity index (χ1) is 6.70. The van der Waals surface area contributed by atoms with E-state index in [2.05, 4.69) is 23.8 Å². The smallest absolute Gasteiger partial charge is 0.358 e. The van der Waals surface area contributed by atoms with Crippen molar-refractivity contribution in [3.8, 4) is 0 Å². The number of hydrogen-bond donors (Lipinski definition) is 0. The van der Waals surface area contributed by atoms with Crippen LogP contribution in [0.5, 0.6) is 0 Å². The van der Waals surface area contributed by atoms with Crippen LogP contribution in [0.15, 0.2) is 18.6 Å². The summed E-state index contributed by atoms with van der Waals surface area (Å²) >= 11 is 0. The molecule has 0 radical (unpaired) electrons. The molecule has 0 aliphatic heterocycles. The molecule has 4 nitrogen and oxygen atoms in total. The van der Waals surface area contributed by atoms with E-state index in [0.29, 0.717) is 12.5 Å². The first-order valence-corrected chi connectivity index (χ1v) is 4.63. The van der Waals surface area contributed by atoms with Gasteiger partial charge < -0.3 is 4.74 Å². The number of nitrogens with zero attached hydrogens (tertiary/aromatic N) is 2. The molecule has 1 aromatic heterocycles. The molecular weight excluding hydrogens is 180 g/mol. The van der Waals surface area contributed by atoms with Gasteiger partial charge in [0.1, 0.15) is 0 Å². The summed E-state index contributed by atoms with van der Waals surface area (Å²) in [5, 5.41) is 0. The molecule has 0 fully saturated rings. The Morgan fingerprint density at radius 2 is 2.29 bits per heavy atom. The number of esters is 1. The minimum Gasteiger partial charge on any atom is -0.461 e. The number of rotatable bonds is 4. The van der Waals surface area contributed by atoms with Crippen molar-refractivity contribution in [1.82, 2.24) is 9.97 Å². The van der Waals surface area contributed by atoms with E-state index in [4.69, 9.17) is 4.74 Å². The molecule has 0 amide bonds. The van der Waals surface area contributed by atoms with Crippen molar-refractivity contribution < 1.29 is 9.53 Å². The van der Waals surface area contributed by atoms with Gasteiger partial charge in [-0.05, 0) is 12.3 Å². The maximum absolute atomic E-state index is 11.3. The molecule has 0 saturated heterocycles. The lowest BCUT2D eigenvalue weighted by Crippen LogP contribution is -2.09. The van der Waals surface area contributed by atoms with Crippen molar-refractivity contribution in [2.45, 2.75) is 20.3 Å². The van der Waals surface area contributed by atoms with Gasteiger partial charge in [0.15, 0.2) is 5.69 Å². The van der Waals surface area contributed by atoms with Crippen molar-refractivity contribution in [3.63, 3.8) is 0 Å². The Morgan fingerprint density at radius 1 is 1.50 bits per heavy atom. The number of ether oxygens (including phenoxy) is 1. The van der Waals surface area contributed by atoms with Crippen LogP contribution in [-0.4, -0.2) is 22.5 Å². The molecule has 76 valence electrons. The Hall–Kier alpha value is -1.45. The van der Waals surface area contributed by atoms with Gasteiger partial charge in [-0.3, -0.25) is 4.98 Å². The van der Waals surface area contributed by atoms with Crippen LogP contribution in [0.1, 0.15) is 30.8 Å². The normalized spacial score (nSPS) is 10.2. The average Bonchev–Trinajstić information content (AvgIpc) is 2.18. The van der Waals surface area contributed by atoms with Crippen LogP contribution in [0.4, 0.5) is 0 Å². The Balaban J connectivity index is 2.36. The minimum absolute atomic E-state index is 0.260. The van der Waals surface area contributed by atoms with E-state index in [9.17, 15) is 4.79 Å². The number of hydrogen-bond acceptors (Lipinski definition) is 4. The fourth-order valence-corrected chi connectivity index (χ4v) is 0.866. The zero-order valence-electron chi connectivity index (χ0n) is 8.43. The average molecular weight is 194 g/mol. The summed E-state index contributed by atoms with van der Waals surface area (Å²) in [4.78, 5) is 18.9. The minimum atomic E-state index is -0.404. The van der Waals surface area contributed by atoms with Gasteiger partial charge in [0, 0.05) is 12.4 Å². The van der Waals surface area contributed by atoms with E-state index in [1.54, 1.807) is 0 Å². The Labute approximate surface area is 83.3 Å². The fourth-order valence-electron chi connectivity index (χ4n) is 0.866. The molecule has 0 aliphatic carbocycles. The van der Waals surface area contributed by atoms with Gasteiger partial charge in [-0.25, -0.2) is 9.78 Å². The largest absolute Gasteiger partial charge is 0.461 e. The van der Waals surface area contributed by atoms with Crippen molar-refractivity contribution in [2.24, 2.45) is 5.92 Å². The van der Waals surface area contributed by atoms with Gasteiger partial charge in [0.25, 0.3) is 0 Å². The molecular formula is C10H14N2O2. The number of aromatic nitrogens is 2. The maximum atomic E-state index is 11.3. The van der Waals surface area contributed by atoms with Crippen LogP contribution < -0.4 is 0 Å². The van der Waals surface area contributed by atoms with Crippen LogP contribution in [0.2, 0.25) is 0 Å². The molecule has 0 saturated carbocycles. The molecule has 0 bridgehead atoms. The van der Waals surface area contributed by atoms with Gasteiger partial charge in [0.05, 0.1) is 12.8 Å². The van der Waals surface area contributed by atoms with Crippen molar-refractivity contribution in [2.75, 3.05) is 6.61 Å². The molecule has 1 heterocycles. The molecule has 0 N–H and O–H groups in total. The summed E-state index contributed by atoms with van der Waals surface area (Å²) in [6, 6.07) is 0. The summed E-state index contributed by atoms with van der Waals surface area (Å²) in [6.45, 7) is 4.60. The highest BCUT2D eigenvalue weighted by Gasteiger charge is 2.07. The van der Waals surface area contributed by atoms with Crippen LogP contribution in [-0.2, 0) is 4.74 Å². The van der Waals surface area contributed by atoms with Gasteiger partial charge in [0.2, 0.25) is 0 Å². The van der Waals surface area contributed by atoms with Crippen molar-refractivity contribution in [3.05, 3.63) is 24.3 Å². The van der Waals surface area contributed by atoms with E-state index >= 15 is 0 Å². The SMILES string of the molecule is CC(C)CCOC(=O)c1cnccn1. The van der Waals surface area contributed by atoms with E-state index in [1.165, 1.54) is 18.6 Å². The Morgan fingerprint density at radius 3 is 2.86 bits per heavy atom. The predicted molar refractivity (Wildman–Crippen MR) is 51.8 cm³/mol. The third-order valence-corrected chi connectivity index (χ3v) is 1.70. The molecule has 0 atom stereocenters. The van der Waals surface area contributed by atoms with Gasteiger partial charge in [-0.15, -0.1) is 0 Å². The van der Waals surface area contributed by atoms with Gasteiger partial charge >= 0.3 is 5.97 Å². The van der Waals surface area contributed by atoms with Gasteiger partial charge in [-0.1, -0.05) is 13.8 Å². The Kier molecular flexibility index (Phi) is 4.04. The first kappa shape index (κ1) is 10.6. The molecule has 0 unspecified atom stereocenters. The summed E-state index contributed by atoms with van der Waals surface area (Å²) in [7, 11) is 0. The highest BCUT2D eigenvalue weighted by atomic mass is 16.5. The third-order valence-electron chi connectivity index (χ3n) is 1.70. The summed E-state index contributed by atoms with van der Waals surface area (Å²) in [6.07, 6.45) is 5.26. The van der Waals surface area contributed by atoms with Crippen LogP contribution in [0, 0.1) is 5.92 Å². The summed E-state index contributed by atoms with van der Waals surface area (Å²) in [5.74, 6) is 0.128. The second-order valence-electron chi connectivity index (χ2n) is 3.41. The standard InChI is InChI=1S/C10H14N2O2/c1-8(2)3-6-14-10(13)9-7-11-4-5-12-9/h4-5,7-8H,3,6H2,1-2H3. The molecule has 0 aromatic carbocycles. The van der Waals surface area contributed by atoms with E-state index in [-0.39, 0.29) is 5.69 Å². The van der Waals surface area contributed by atoms with Gasteiger partial charge in [-0.2, -0.15) is 0 Å². The molecule has 0 aliphatic rings. The van der Waals surface area contributed by atoms with E-state index in [0.717, 1.165) is 6.42 Å². The lowest BCUT2D eigenvalue weighted by atomic mass is 10.1. The number of carbonyl (C=O) groups excluding carboxylic acids is 1. The van der Waals surface area contributed by atoms with Crippen LogP contribution >= 0.6 is 0 Å². The molecule has 1 rings (SSSR count). The maximum Gasteiger partial charge on any atom is 0.358 e. The second-order valence-corrected chi connectivity index (χ2v) is 3.41. The second kappa shape index (κ2) is 5.32. The lowest BCUT2D eigenvalue weighted by molar-refractivity contribution is 0.0480. The molecule has 4 heteroatoms. The summed E-state index contributed by atoms with van der Waals surface area (Å²) < 4.78 is 5.00. The highest BCUT2D eigenvalue weighted by molar-refractivity contribution is 5.86.